The number of likely N-dealkylation sites (tertiary alicyclic amines) is 1. The van der Waals surface area contributed by atoms with Gasteiger partial charge in [0.05, 0.1) is 0 Å². The molecule has 3 amide bonds. The van der Waals surface area contributed by atoms with Gasteiger partial charge in [0.1, 0.15) is 17.8 Å². The summed E-state index contributed by atoms with van der Waals surface area (Å²) in [6, 6.07) is 4.99. The Hall–Kier alpha value is -2.57. The Bertz CT molecular complexity index is 660. The molecule has 1 heterocycles. The van der Waals surface area contributed by atoms with Crippen LogP contribution in [0, 0.1) is 0 Å². The minimum Gasteiger partial charge on any atom is -0.508 e. The molecule has 2 rings (SSSR count). The first-order valence-electron chi connectivity index (χ1n) is 9.59. The number of nitrogens with zero attached hydrogens (tertiary/aromatic N) is 1. The van der Waals surface area contributed by atoms with E-state index in [0.717, 1.165) is 31.2 Å². The van der Waals surface area contributed by atoms with Crippen molar-refractivity contribution in [3.63, 3.8) is 0 Å². The van der Waals surface area contributed by atoms with E-state index in [2.05, 4.69) is 12.2 Å². The maximum absolute atomic E-state index is 12.7. The summed E-state index contributed by atoms with van der Waals surface area (Å²) in [6.07, 6.45) is 4.91. The van der Waals surface area contributed by atoms with Crippen LogP contribution in [0.3, 0.4) is 0 Å². The van der Waals surface area contributed by atoms with Crippen molar-refractivity contribution < 1.29 is 19.5 Å². The number of carbonyl (C=O) groups is 3. The van der Waals surface area contributed by atoms with Crippen molar-refractivity contribution >= 4 is 17.7 Å². The molecule has 7 nitrogen and oxygen atoms in total. The summed E-state index contributed by atoms with van der Waals surface area (Å²) < 4.78 is 0. The Kier molecular flexibility index (Phi) is 7.64. The molecule has 1 saturated heterocycles. The quantitative estimate of drug-likeness (QED) is 0.567. The third-order valence-electron chi connectivity index (χ3n) is 4.91. The second-order valence-electron chi connectivity index (χ2n) is 7.04. The first-order chi connectivity index (χ1) is 12.9. The highest BCUT2D eigenvalue weighted by molar-refractivity contribution is 5.92. The average molecular weight is 375 g/mol. The molecule has 0 aromatic heterocycles. The van der Waals surface area contributed by atoms with Crippen molar-refractivity contribution in [2.45, 2.75) is 64.0 Å². The van der Waals surface area contributed by atoms with Gasteiger partial charge in [0.25, 0.3) is 0 Å². The Morgan fingerprint density at radius 1 is 1.26 bits per heavy atom. The van der Waals surface area contributed by atoms with Gasteiger partial charge in [-0.1, -0.05) is 31.9 Å². The first kappa shape index (κ1) is 20.7. The van der Waals surface area contributed by atoms with Gasteiger partial charge in [-0.2, -0.15) is 0 Å². The molecule has 2 atom stereocenters. The van der Waals surface area contributed by atoms with Crippen LogP contribution in [0.4, 0.5) is 0 Å². The minimum absolute atomic E-state index is 0.00439. The molecule has 0 aliphatic carbocycles. The average Bonchev–Trinajstić information content (AvgIpc) is 3.13. The third kappa shape index (κ3) is 5.98. The number of amides is 3. The fourth-order valence-corrected chi connectivity index (χ4v) is 3.37. The number of unbranched alkanes of at least 4 members (excludes halogenated alkanes) is 2. The van der Waals surface area contributed by atoms with Crippen LogP contribution in [0.15, 0.2) is 24.3 Å². The molecule has 7 heteroatoms. The number of aromatic hydroxyl groups is 1. The predicted molar refractivity (Wildman–Crippen MR) is 102 cm³/mol. The van der Waals surface area contributed by atoms with E-state index in [4.69, 9.17) is 5.73 Å². The Labute approximate surface area is 159 Å². The van der Waals surface area contributed by atoms with Crippen LogP contribution >= 0.6 is 0 Å². The second-order valence-corrected chi connectivity index (χ2v) is 7.04. The lowest BCUT2D eigenvalue weighted by Crippen LogP contribution is -2.53. The lowest BCUT2D eigenvalue weighted by Gasteiger charge is -2.26. The second kappa shape index (κ2) is 9.94. The molecule has 27 heavy (non-hydrogen) atoms. The van der Waals surface area contributed by atoms with E-state index < -0.39 is 18.0 Å². The first-order valence-corrected chi connectivity index (χ1v) is 9.59. The maximum Gasteiger partial charge on any atom is 0.243 e. The van der Waals surface area contributed by atoms with Crippen molar-refractivity contribution in [3.8, 4) is 5.75 Å². The number of nitrogens with one attached hydrogen (secondary N) is 1. The topological polar surface area (TPSA) is 113 Å². The molecule has 0 saturated carbocycles. The van der Waals surface area contributed by atoms with Crippen LogP contribution in [0.2, 0.25) is 0 Å². The number of carbonyl (C=O) groups excluding carboxylic acids is 3. The zero-order valence-electron chi connectivity index (χ0n) is 15.8. The normalized spacial score (nSPS) is 17.5. The van der Waals surface area contributed by atoms with E-state index in [9.17, 15) is 19.5 Å². The maximum atomic E-state index is 12.7. The van der Waals surface area contributed by atoms with Gasteiger partial charge < -0.3 is 21.1 Å². The molecule has 0 radical (unpaired) electrons. The largest absolute Gasteiger partial charge is 0.508 e. The molecule has 0 spiro atoms. The highest BCUT2D eigenvalue weighted by Crippen LogP contribution is 2.20. The van der Waals surface area contributed by atoms with Gasteiger partial charge in [-0.05, 0) is 37.0 Å². The highest BCUT2D eigenvalue weighted by Gasteiger charge is 2.35. The molecular formula is C20H29N3O4. The van der Waals surface area contributed by atoms with Crippen LogP contribution in [-0.4, -0.2) is 46.4 Å². The Balaban J connectivity index is 1.98. The molecule has 148 valence electrons. The number of benzene rings is 1. The zero-order valence-corrected chi connectivity index (χ0v) is 15.8. The van der Waals surface area contributed by atoms with Crippen LogP contribution < -0.4 is 11.1 Å². The van der Waals surface area contributed by atoms with Gasteiger partial charge in [0, 0.05) is 19.4 Å². The highest BCUT2D eigenvalue weighted by atomic mass is 16.3. The number of phenols is 1. The summed E-state index contributed by atoms with van der Waals surface area (Å²) in [4.78, 5) is 38.5. The SMILES string of the molecule is CCCCCC(=O)N1CCC[C@@H]1C(=O)N[C@H](Cc1ccc(O)cc1)C(N)=O. The van der Waals surface area contributed by atoms with Gasteiger partial charge in [0.2, 0.25) is 17.7 Å². The summed E-state index contributed by atoms with van der Waals surface area (Å²) in [5.41, 5.74) is 6.23. The molecule has 1 aromatic rings. The lowest BCUT2D eigenvalue weighted by molar-refractivity contribution is -0.139. The fourth-order valence-electron chi connectivity index (χ4n) is 3.37. The molecule has 1 aromatic carbocycles. The van der Waals surface area contributed by atoms with E-state index >= 15 is 0 Å². The van der Waals surface area contributed by atoms with E-state index in [1.165, 1.54) is 12.1 Å². The molecule has 4 N–H and O–H groups in total. The summed E-state index contributed by atoms with van der Waals surface area (Å²) in [5, 5.41) is 12.1. The third-order valence-corrected chi connectivity index (χ3v) is 4.91. The number of primary amides is 1. The van der Waals surface area contributed by atoms with Gasteiger partial charge in [-0.3, -0.25) is 14.4 Å². The summed E-state index contributed by atoms with van der Waals surface area (Å²) >= 11 is 0. The van der Waals surface area contributed by atoms with Crippen molar-refractivity contribution in [2.24, 2.45) is 5.73 Å². The standard InChI is InChI=1S/C20H29N3O4/c1-2-3-4-7-18(25)23-12-5-6-17(23)20(27)22-16(19(21)26)13-14-8-10-15(24)11-9-14/h8-11,16-17,24H,2-7,12-13H2,1H3,(H2,21,26)(H,22,27)/t16-,17-/m1/s1. The molecule has 0 unspecified atom stereocenters. The smallest absolute Gasteiger partial charge is 0.243 e. The number of nitrogens with two attached hydrogens (primary N) is 1. The van der Waals surface area contributed by atoms with Crippen molar-refractivity contribution in [3.05, 3.63) is 29.8 Å². The van der Waals surface area contributed by atoms with E-state index in [1.807, 2.05) is 0 Å². The minimum atomic E-state index is -0.861. The number of hydrogen-bond donors (Lipinski definition) is 3. The van der Waals surface area contributed by atoms with Crippen molar-refractivity contribution in [1.82, 2.24) is 10.2 Å². The Morgan fingerprint density at radius 3 is 2.59 bits per heavy atom. The molecule has 1 aliphatic rings. The van der Waals surface area contributed by atoms with Gasteiger partial charge in [-0.25, -0.2) is 0 Å². The fraction of sp³-hybridized carbons (Fsp3) is 0.550. The molecule has 0 bridgehead atoms. The Morgan fingerprint density at radius 2 is 1.96 bits per heavy atom. The molecular weight excluding hydrogens is 346 g/mol. The van der Waals surface area contributed by atoms with Crippen LogP contribution in [0.25, 0.3) is 0 Å². The molecule has 1 fully saturated rings. The summed E-state index contributed by atoms with van der Waals surface area (Å²) in [7, 11) is 0. The van der Waals surface area contributed by atoms with Gasteiger partial charge >= 0.3 is 0 Å². The predicted octanol–water partition coefficient (Wildman–Crippen LogP) is 1.48. The van der Waals surface area contributed by atoms with E-state index in [0.29, 0.717) is 19.4 Å². The number of rotatable bonds is 9. The zero-order chi connectivity index (χ0) is 19.8. The van der Waals surface area contributed by atoms with E-state index in [-0.39, 0.29) is 24.0 Å². The summed E-state index contributed by atoms with van der Waals surface area (Å²) in [5.74, 6) is -0.842. The van der Waals surface area contributed by atoms with Crippen LogP contribution in [-0.2, 0) is 20.8 Å². The summed E-state index contributed by atoms with van der Waals surface area (Å²) in [6.45, 7) is 2.65. The van der Waals surface area contributed by atoms with Gasteiger partial charge in [-0.15, -0.1) is 0 Å². The number of hydrogen-bond acceptors (Lipinski definition) is 4. The van der Waals surface area contributed by atoms with E-state index in [1.54, 1.807) is 17.0 Å². The molecule has 1 aliphatic heterocycles. The van der Waals surface area contributed by atoms with Crippen LogP contribution in [0.5, 0.6) is 5.75 Å². The van der Waals surface area contributed by atoms with Crippen LogP contribution in [0.1, 0.15) is 51.0 Å². The lowest BCUT2D eigenvalue weighted by atomic mass is 10.0. The van der Waals surface area contributed by atoms with Crippen molar-refractivity contribution in [2.75, 3.05) is 6.54 Å². The number of phenolic OH excluding ortho intramolecular Hbond substituents is 1. The van der Waals surface area contributed by atoms with Gasteiger partial charge in [0.15, 0.2) is 0 Å². The monoisotopic (exact) mass is 375 g/mol. The van der Waals surface area contributed by atoms with Crippen molar-refractivity contribution in [1.29, 1.82) is 0 Å².